The Bertz CT molecular complexity index is 2490. The van der Waals surface area contributed by atoms with Gasteiger partial charge in [0.1, 0.15) is 30.4 Å². The van der Waals surface area contributed by atoms with Crippen LogP contribution < -0.4 is 9.62 Å². The maximum Gasteiger partial charge on any atom is 0.435 e. The molecule has 65 heavy (non-hydrogen) atoms. The molecule has 0 spiro atoms. The average molecular weight is 988 g/mol. The number of nitrogens with zero attached hydrogens (tertiary/aromatic N) is 6. The summed E-state index contributed by atoms with van der Waals surface area (Å²) in [6.07, 6.45) is -8.59. The highest BCUT2D eigenvalue weighted by atomic mass is 35.5. The average Bonchev–Trinajstić information content (AvgIpc) is 3.85. The first kappa shape index (κ1) is 53.2. The third-order valence-electron chi connectivity index (χ3n) is 9.80. The van der Waals surface area contributed by atoms with Crippen LogP contribution in [0.5, 0.6) is 0 Å². The lowest BCUT2D eigenvalue weighted by molar-refractivity contribution is -0.142. The topological polar surface area (TPSA) is 118 Å². The van der Waals surface area contributed by atoms with Gasteiger partial charge in [-0.2, -0.15) is 45.3 Å². The van der Waals surface area contributed by atoms with Gasteiger partial charge >= 0.3 is 12.4 Å². The van der Waals surface area contributed by atoms with Crippen LogP contribution in [0.2, 0.25) is 5.02 Å². The Balaban J connectivity index is 0.000000938. The van der Waals surface area contributed by atoms with Gasteiger partial charge < -0.3 is 10.4 Å². The number of aliphatic hydroxyl groups is 1. The van der Waals surface area contributed by atoms with Crippen molar-refractivity contribution >= 4 is 57.0 Å². The van der Waals surface area contributed by atoms with Crippen molar-refractivity contribution < 1.29 is 58.0 Å². The van der Waals surface area contributed by atoms with Crippen LogP contribution in [0, 0.1) is 18.6 Å². The minimum atomic E-state index is -5.11. The number of fused-ring (bicyclic) bond motifs is 2. The summed E-state index contributed by atoms with van der Waals surface area (Å²) < 4.78 is 155. The zero-order chi connectivity index (χ0) is 49.0. The van der Waals surface area contributed by atoms with Crippen LogP contribution in [0.15, 0.2) is 42.5 Å². The number of carbonyl (C=O) groups excluding carboxylic acids is 1. The Morgan fingerprint density at radius 2 is 1.60 bits per heavy atom. The number of halogens is 11. The Morgan fingerprint density at radius 3 is 2.14 bits per heavy atom. The van der Waals surface area contributed by atoms with Crippen LogP contribution in [-0.4, -0.2) is 76.4 Å². The van der Waals surface area contributed by atoms with E-state index in [4.69, 9.17) is 11.6 Å². The number of pyridine rings is 1. The number of alkyl halides is 8. The first-order chi connectivity index (χ1) is 30.1. The van der Waals surface area contributed by atoms with E-state index in [9.17, 15) is 58.0 Å². The summed E-state index contributed by atoms with van der Waals surface area (Å²) in [5.41, 5.74) is -3.19. The van der Waals surface area contributed by atoms with Crippen molar-refractivity contribution in [3.05, 3.63) is 93.0 Å². The Morgan fingerprint density at radius 1 is 1.00 bits per heavy atom. The summed E-state index contributed by atoms with van der Waals surface area (Å²) in [7, 11) is -0.683. The molecule has 2 atom stereocenters. The van der Waals surface area contributed by atoms with Gasteiger partial charge in [-0.3, -0.25) is 27.7 Å². The second-order valence-electron chi connectivity index (χ2n) is 15.5. The minimum Gasteiger partial charge on any atom is -0.394 e. The van der Waals surface area contributed by atoms with E-state index in [-0.39, 0.29) is 60.1 Å². The van der Waals surface area contributed by atoms with Crippen LogP contribution in [0.25, 0.3) is 22.0 Å². The molecular formula is C42H48ClF10N7O3S2. The number of rotatable bonds is 12. The van der Waals surface area contributed by atoms with E-state index in [1.54, 1.807) is 12.5 Å². The lowest BCUT2D eigenvalue weighted by Crippen LogP contribution is -2.35. The molecule has 2 aromatic carbocycles. The number of nitrogens with one attached hydrogen (secondary N) is 1. The predicted molar refractivity (Wildman–Crippen MR) is 232 cm³/mol. The number of hydrogen-bond donors (Lipinski definition) is 2. The summed E-state index contributed by atoms with van der Waals surface area (Å²) in [4.78, 5) is 18.3. The molecule has 1 amide bonds. The molecule has 0 aliphatic heterocycles. The quantitative estimate of drug-likeness (QED) is 0.0938. The van der Waals surface area contributed by atoms with Crippen molar-refractivity contribution in [2.75, 3.05) is 30.0 Å². The highest BCUT2D eigenvalue weighted by Gasteiger charge is 2.50. The number of aromatic nitrogens is 5. The highest BCUT2D eigenvalue weighted by Crippen LogP contribution is 2.47. The van der Waals surface area contributed by atoms with Gasteiger partial charge in [-0.25, -0.2) is 8.78 Å². The number of carbonyl (C=O) groups is 1. The van der Waals surface area contributed by atoms with Crippen LogP contribution in [-0.2, 0) is 53.6 Å². The fourth-order valence-corrected chi connectivity index (χ4v) is 7.63. The van der Waals surface area contributed by atoms with Gasteiger partial charge in [0, 0.05) is 62.9 Å². The molecule has 2 N–H and O–H groups in total. The molecule has 2 unspecified atom stereocenters. The molecule has 0 saturated heterocycles. The standard InChI is InChI=1S/C35H30ClF10N7O2S.C5H12OS.C2H6/c1-17-3-4-21(22-5-6-24(36)27-29(22)52(16-34(41,42)43)50-32(27)53(56-2)9-10-54)28(47-17)25(13-18-11-19(37)14-20(38)12-18)48-26(55)15-51-31-23(7-8-33(31,39)40)30(49-51)35(44,45)46;1-5(2,3)7(4)6;1-2/h3-6,11-12,14,25,54H,7-10,13,15-16H2,1-2H3,(H,48,55);1-4H3;1-2H3. The van der Waals surface area contributed by atoms with Crippen molar-refractivity contribution in [1.82, 2.24) is 29.9 Å². The zero-order valence-corrected chi connectivity index (χ0v) is 38.9. The maximum atomic E-state index is 14.9. The third kappa shape index (κ3) is 12.9. The second-order valence-corrected chi connectivity index (χ2v) is 18.9. The molecule has 0 bridgehead atoms. The molecule has 5 aromatic rings. The van der Waals surface area contributed by atoms with E-state index in [0.717, 1.165) is 24.1 Å². The summed E-state index contributed by atoms with van der Waals surface area (Å²) in [5, 5.41) is 19.8. The molecule has 1 aliphatic carbocycles. The Labute approximate surface area is 380 Å². The SMILES string of the molecule is CC.CS(=O)C(C)(C)C.CSN(CCO)c1nn(CC(F)(F)F)c2c(-c3ccc(C)nc3C(Cc3cc(F)cc(F)c3)NC(=O)Cn3nc(C(F)(F)F)c4c3C(F)(F)CC4)ccc(Cl)c12. The number of amides is 1. The second kappa shape index (κ2) is 21.0. The van der Waals surface area contributed by atoms with Crippen LogP contribution in [0.1, 0.15) is 81.0 Å². The molecule has 0 radical (unpaired) electrons. The van der Waals surface area contributed by atoms with Crippen molar-refractivity contribution in [2.45, 2.75) is 103 Å². The summed E-state index contributed by atoms with van der Waals surface area (Å²) in [5.74, 6) is -6.90. The summed E-state index contributed by atoms with van der Waals surface area (Å²) in [6, 6.07) is 6.77. The number of hydrogen-bond acceptors (Lipinski definition) is 8. The van der Waals surface area contributed by atoms with E-state index in [2.05, 4.69) is 20.5 Å². The van der Waals surface area contributed by atoms with Crippen molar-refractivity contribution in [3.8, 4) is 11.1 Å². The lowest BCUT2D eigenvalue weighted by Gasteiger charge is -2.23. The number of benzene rings is 2. The van der Waals surface area contributed by atoms with Crippen molar-refractivity contribution in [3.63, 3.8) is 0 Å². The fraction of sp³-hybridized carbons (Fsp3) is 0.476. The van der Waals surface area contributed by atoms with Gasteiger partial charge in [-0.15, -0.1) is 0 Å². The van der Waals surface area contributed by atoms with Crippen molar-refractivity contribution in [1.29, 1.82) is 0 Å². The van der Waals surface area contributed by atoms with E-state index in [1.165, 1.54) is 35.5 Å². The molecule has 3 aromatic heterocycles. The molecule has 358 valence electrons. The summed E-state index contributed by atoms with van der Waals surface area (Å²) in [6.45, 7) is 8.26. The number of aliphatic hydroxyl groups excluding tert-OH is 1. The molecule has 0 saturated carbocycles. The van der Waals surface area contributed by atoms with Crippen LogP contribution in [0.4, 0.5) is 49.7 Å². The Hall–Kier alpha value is -4.41. The highest BCUT2D eigenvalue weighted by molar-refractivity contribution is 8.00. The van der Waals surface area contributed by atoms with E-state index in [0.29, 0.717) is 16.4 Å². The Kier molecular flexibility index (Phi) is 17.2. The first-order valence-electron chi connectivity index (χ1n) is 19.9. The van der Waals surface area contributed by atoms with Gasteiger partial charge in [-0.1, -0.05) is 49.5 Å². The molecule has 0 fully saturated rings. The molecule has 23 heteroatoms. The summed E-state index contributed by atoms with van der Waals surface area (Å²) >= 11 is 7.65. The van der Waals surface area contributed by atoms with Crippen LogP contribution in [0.3, 0.4) is 0 Å². The van der Waals surface area contributed by atoms with E-state index < -0.39 is 109 Å². The van der Waals surface area contributed by atoms with Crippen LogP contribution >= 0.6 is 23.5 Å². The monoisotopic (exact) mass is 987 g/mol. The minimum absolute atomic E-state index is 0.00680. The molecule has 6 rings (SSSR count). The number of aryl methyl sites for hydroxylation is 1. The van der Waals surface area contributed by atoms with Gasteiger partial charge in [0.15, 0.2) is 11.5 Å². The lowest BCUT2D eigenvalue weighted by atomic mass is 9.93. The largest absolute Gasteiger partial charge is 0.435 e. The maximum absolute atomic E-state index is 14.9. The molecular weight excluding hydrogens is 940 g/mol. The number of anilines is 1. The van der Waals surface area contributed by atoms with Gasteiger partial charge in [0.2, 0.25) is 5.91 Å². The normalized spacial score (nSPS) is 14.5. The zero-order valence-electron chi connectivity index (χ0n) is 36.5. The smallest absolute Gasteiger partial charge is 0.394 e. The van der Waals surface area contributed by atoms with E-state index in [1.807, 2.05) is 34.6 Å². The predicted octanol–water partition coefficient (Wildman–Crippen LogP) is 10.5. The van der Waals surface area contributed by atoms with E-state index >= 15 is 0 Å². The first-order valence-corrected chi connectivity index (χ1v) is 23.1. The van der Waals surface area contributed by atoms with Gasteiger partial charge in [0.05, 0.1) is 40.8 Å². The fourth-order valence-electron chi connectivity index (χ4n) is 6.83. The third-order valence-corrected chi connectivity index (χ3v) is 12.6. The van der Waals surface area contributed by atoms with Crippen molar-refractivity contribution in [2.24, 2.45) is 0 Å². The molecule has 1 aliphatic rings. The van der Waals surface area contributed by atoms with Gasteiger partial charge in [-0.05, 0) is 70.4 Å². The molecule has 10 nitrogen and oxygen atoms in total. The molecule has 3 heterocycles. The van der Waals surface area contributed by atoms with Gasteiger partial charge in [0.25, 0.3) is 5.92 Å².